The van der Waals surface area contributed by atoms with E-state index in [9.17, 15) is 9.18 Å². The zero-order chi connectivity index (χ0) is 16.7. The molecule has 0 saturated carbocycles. The van der Waals surface area contributed by atoms with E-state index in [-0.39, 0.29) is 17.6 Å². The Morgan fingerprint density at radius 1 is 1.17 bits per heavy atom. The Kier molecular flexibility index (Phi) is 3.98. The number of rotatable bonds is 2. The summed E-state index contributed by atoms with van der Waals surface area (Å²) in [6.45, 7) is 0. The van der Waals surface area contributed by atoms with Gasteiger partial charge in [0, 0.05) is 32.6 Å². The molecule has 1 amide bonds. The Bertz CT molecular complexity index is 937. The lowest BCUT2D eigenvalue weighted by Gasteiger charge is -2.24. The molecule has 0 aliphatic carbocycles. The zero-order valence-electron chi connectivity index (χ0n) is 12.6. The van der Waals surface area contributed by atoms with Gasteiger partial charge in [0.25, 0.3) is 0 Å². The molecule has 2 nitrogen and oxygen atoms in total. The Balaban J connectivity index is 1.83. The van der Waals surface area contributed by atoms with Gasteiger partial charge in [0.1, 0.15) is 5.82 Å². The second-order valence-electron chi connectivity index (χ2n) is 5.76. The molecule has 1 aliphatic rings. The normalized spacial score (nSPS) is 16.6. The highest BCUT2D eigenvalue weighted by atomic mass is 79.9. The van der Waals surface area contributed by atoms with Crippen LogP contribution in [0.3, 0.4) is 0 Å². The monoisotopic (exact) mass is 401 g/mol. The molecule has 3 aromatic rings. The number of halogens is 2. The molecule has 120 valence electrons. The van der Waals surface area contributed by atoms with Crippen molar-refractivity contribution >= 4 is 38.9 Å². The number of thiophene rings is 1. The van der Waals surface area contributed by atoms with E-state index in [0.717, 1.165) is 31.7 Å². The summed E-state index contributed by atoms with van der Waals surface area (Å²) in [4.78, 5) is 13.4. The topological polar surface area (TPSA) is 29.1 Å². The smallest absolute Gasteiger partial charge is 0.225 e. The number of carbonyl (C=O) groups excluding carboxylic acids is 1. The molecular formula is C19H13BrFNOS. The van der Waals surface area contributed by atoms with E-state index in [2.05, 4.69) is 27.3 Å². The summed E-state index contributed by atoms with van der Waals surface area (Å²) in [5.41, 5.74) is 3.57. The van der Waals surface area contributed by atoms with Crippen LogP contribution in [0.25, 0.3) is 11.1 Å². The minimum absolute atomic E-state index is 0.0106. The molecule has 1 aliphatic heterocycles. The predicted molar refractivity (Wildman–Crippen MR) is 98.9 cm³/mol. The van der Waals surface area contributed by atoms with Crippen LogP contribution in [-0.2, 0) is 4.79 Å². The summed E-state index contributed by atoms with van der Waals surface area (Å²) < 4.78 is 14.6. The Morgan fingerprint density at radius 3 is 2.79 bits per heavy atom. The molecule has 2 heterocycles. The minimum atomic E-state index is -0.280. The number of benzene rings is 2. The molecular weight excluding hydrogens is 389 g/mol. The molecule has 1 aromatic heterocycles. The molecule has 0 spiro atoms. The Morgan fingerprint density at radius 2 is 2.00 bits per heavy atom. The van der Waals surface area contributed by atoms with Crippen LogP contribution in [0.4, 0.5) is 10.1 Å². The summed E-state index contributed by atoms with van der Waals surface area (Å²) in [5, 5.41) is 4.97. The van der Waals surface area contributed by atoms with Gasteiger partial charge in [-0.1, -0.05) is 40.2 Å². The van der Waals surface area contributed by atoms with Gasteiger partial charge < -0.3 is 5.32 Å². The van der Waals surface area contributed by atoms with E-state index in [4.69, 9.17) is 0 Å². The first-order valence-electron chi connectivity index (χ1n) is 7.54. The van der Waals surface area contributed by atoms with E-state index in [1.807, 2.05) is 29.6 Å². The number of hydrogen-bond acceptors (Lipinski definition) is 2. The number of anilines is 1. The van der Waals surface area contributed by atoms with E-state index in [1.165, 1.54) is 12.1 Å². The van der Waals surface area contributed by atoms with Crippen molar-refractivity contribution in [3.8, 4) is 11.1 Å². The van der Waals surface area contributed by atoms with Crippen molar-refractivity contribution in [1.82, 2.24) is 0 Å². The van der Waals surface area contributed by atoms with Gasteiger partial charge in [0.05, 0.1) is 5.69 Å². The number of nitrogens with one attached hydrogen (secondary N) is 1. The van der Waals surface area contributed by atoms with Crippen LogP contribution in [0, 0.1) is 5.82 Å². The van der Waals surface area contributed by atoms with Gasteiger partial charge in [0.15, 0.2) is 0 Å². The van der Waals surface area contributed by atoms with E-state index < -0.39 is 0 Å². The molecule has 0 saturated heterocycles. The van der Waals surface area contributed by atoms with Crippen molar-refractivity contribution in [1.29, 1.82) is 0 Å². The predicted octanol–water partition coefficient (Wildman–Crippen LogP) is 5.79. The molecule has 2 aromatic carbocycles. The third-order valence-corrected chi connectivity index (χ3v) is 5.77. The van der Waals surface area contributed by atoms with Gasteiger partial charge >= 0.3 is 0 Å². The Labute approximate surface area is 151 Å². The summed E-state index contributed by atoms with van der Waals surface area (Å²) in [6.07, 6.45) is 0.423. The van der Waals surface area contributed by atoms with E-state index in [0.29, 0.717) is 6.42 Å². The lowest BCUT2D eigenvalue weighted by Crippen LogP contribution is -2.22. The second-order valence-corrected chi connectivity index (χ2v) is 7.59. The van der Waals surface area contributed by atoms with Gasteiger partial charge in [-0.2, -0.15) is 0 Å². The summed E-state index contributed by atoms with van der Waals surface area (Å²) in [7, 11) is 0. The van der Waals surface area contributed by atoms with Crippen molar-refractivity contribution < 1.29 is 9.18 Å². The van der Waals surface area contributed by atoms with Gasteiger partial charge in [-0.3, -0.25) is 4.79 Å². The molecule has 0 fully saturated rings. The summed E-state index contributed by atoms with van der Waals surface area (Å²) in [5.74, 6) is -0.264. The van der Waals surface area contributed by atoms with Crippen molar-refractivity contribution in [2.45, 2.75) is 12.3 Å². The molecule has 1 N–H and O–H groups in total. The van der Waals surface area contributed by atoms with E-state index in [1.54, 1.807) is 17.4 Å². The van der Waals surface area contributed by atoms with Crippen LogP contribution in [0.15, 0.2) is 58.4 Å². The Hall–Kier alpha value is -1.98. The molecule has 1 atom stereocenters. The fraction of sp³-hybridized carbons (Fsp3) is 0.105. The largest absolute Gasteiger partial charge is 0.325 e. The number of fused-ring (bicyclic) bond motifs is 1. The highest BCUT2D eigenvalue weighted by Crippen LogP contribution is 2.46. The molecule has 4 rings (SSSR count). The van der Waals surface area contributed by atoms with Crippen LogP contribution >= 0.6 is 27.3 Å². The van der Waals surface area contributed by atoms with Crippen molar-refractivity contribution in [3.05, 3.63) is 74.6 Å². The van der Waals surface area contributed by atoms with Crippen LogP contribution < -0.4 is 5.32 Å². The quantitative estimate of drug-likeness (QED) is 0.578. The fourth-order valence-corrected chi connectivity index (χ4v) is 4.67. The molecule has 0 unspecified atom stereocenters. The number of carbonyl (C=O) groups is 1. The number of hydrogen-bond donors (Lipinski definition) is 1. The molecule has 24 heavy (non-hydrogen) atoms. The third-order valence-electron chi connectivity index (χ3n) is 4.18. The van der Waals surface area contributed by atoms with Crippen LogP contribution in [-0.4, -0.2) is 5.91 Å². The zero-order valence-corrected chi connectivity index (χ0v) is 15.0. The summed E-state index contributed by atoms with van der Waals surface area (Å²) >= 11 is 5.11. The maximum atomic E-state index is 13.6. The SMILES string of the molecule is O=C1C[C@H](c2cccc(Br)c2)c2scc(-c3cccc(F)c3)c2N1. The highest BCUT2D eigenvalue weighted by Gasteiger charge is 2.30. The van der Waals surface area contributed by atoms with Gasteiger partial charge in [-0.25, -0.2) is 4.39 Å². The van der Waals surface area contributed by atoms with Crippen molar-refractivity contribution in [2.75, 3.05) is 5.32 Å². The van der Waals surface area contributed by atoms with Gasteiger partial charge in [-0.05, 0) is 35.4 Å². The fourth-order valence-electron chi connectivity index (χ4n) is 3.09. The lowest BCUT2D eigenvalue weighted by atomic mass is 9.89. The van der Waals surface area contributed by atoms with Gasteiger partial charge in [-0.15, -0.1) is 11.3 Å². The standard InChI is InChI=1S/C19H13BrFNOS/c20-13-5-1-3-11(7-13)15-9-17(23)22-18-16(10-24-19(15)18)12-4-2-6-14(21)8-12/h1-8,10,15H,9H2,(H,22,23)/t15-/m1/s1. The molecule has 0 radical (unpaired) electrons. The first-order chi connectivity index (χ1) is 11.6. The maximum absolute atomic E-state index is 13.6. The number of amides is 1. The molecule has 0 bridgehead atoms. The van der Waals surface area contributed by atoms with Crippen LogP contribution in [0.5, 0.6) is 0 Å². The van der Waals surface area contributed by atoms with Crippen molar-refractivity contribution in [3.63, 3.8) is 0 Å². The first kappa shape index (κ1) is 15.5. The minimum Gasteiger partial charge on any atom is -0.325 e. The maximum Gasteiger partial charge on any atom is 0.225 e. The van der Waals surface area contributed by atoms with Gasteiger partial charge in [0.2, 0.25) is 5.91 Å². The average molecular weight is 402 g/mol. The molecule has 5 heteroatoms. The summed E-state index contributed by atoms with van der Waals surface area (Å²) in [6, 6.07) is 14.5. The van der Waals surface area contributed by atoms with Crippen LogP contribution in [0.2, 0.25) is 0 Å². The van der Waals surface area contributed by atoms with Crippen molar-refractivity contribution in [2.24, 2.45) is 0 Å². The lowest BCUT2D eigenvalue weighted by molar-refractivity contribution is -0.116. The average Bonchev–Trinajstić information content (AvgIpc) is 2.97. The first-order valence-corrected chi connectivity index (χ1v) is 9.22. The van der Waals surface area contributed by atoms with E-state index >= 15 is 0 Å². The second kappa shape index (κ2) is 6.15. The highest BCUT2D eigenvalue weighted by molar-refractivity contribution is 9.10. The third kappa shape index (κ3) is 2.78. The van der Waals surface area contributed by atoms with Crippen LogP contribution in [0.1, 0.15) is 22.8 Å².